The maximum Gasteiger partial charge on any atom is 0.338 e. The second-order valence-electron chi connectivity index (χ2n) is 9.66. The topological polar surface area (TPSA) is 69.9 Å². The summed E-state index contributed by atoms with van der Waals surface area (Å²) in [5.41, 5.74) is 3.49. The monoisotopic (exact) mass is 560 g/mol. The molecule has 6 rings (SSSR count). The maximum atomic E-state index is 14.0. The summed E-state index contributed by atoms with van der Waals surface area (Å²) in [4.78, 5) is 32.2. The lowest BCUT2D eigenvalue weighted by Gasteiger charge is -2.25. The smallest absolute Gasteiger partial charge is 0.338 e. The molecule has 1 aliphatic rings. The highest BCUT2D eigenvalue weighted by Gasteiger charge is 2.33. The number of aromatic nitrogens is 1. The van der Waals surface area contributed by atoms with E-state index in [9.17, 15) is 9.59 Å². The molecule has 0 saturated heterocycles. The van der Waals surface area contributed by atoms with Gasteiger partial charge in [-0.25, -0.2) is 9.79 Å². The number of benzene rings is 4. The second kappa shape index (κ2) is 11.4. The number of para-hydroxylation sites is 1. The van der Waals surface area contributed by atoms with Crippen molar-refractivity contribution in [1.82, 2.24) is 4.57 Å². The third-order valence-electron chi connectivity index (χ3n) is 7.23. The molecule has 0 aliphatic carbocycles. The van der Waals surface area contributed by atoms with Crippen molar-refractivity contribution in [3.8, 4) is 5.75 Å². The van der Waals surface area contributed by atoms with Crippen molar-refractivity contribution in [1.29, 1.82) is 0 Å². The van der Waals surface area contributed by atoms with Crippen molar-refractivity contribution >= 4 is 34.2 Å². The molecule has 41 heavy (non-hydrogen) atoms. The Morgan fingerprint density at radius 2 is 1.68 bits per heavy atom. The van der Waals surface area contributed by atoms with E-state index < -0.39 is 12.0 Å². The Balaban J connectivity index is 1.43. The highest BCUT2D eigenvalue weighted by molar-refractivity contribution is 7.07. The van der Waals surface area contributed by atoms with Crippen LogP contribution in [0, 0.1) is 0 Å². The number of ether oxygens (including phenoxy) is 2. The Hall–Kier alpha value is -4.75. The summed E-state index contributed by atoms with van der Waals surface area (Å²) in [7, 11) is 1.35. The van der Waals surface area contributed by atoms with E-state index in [0.29, 0.717) is 39.4 Å². The van der Waals surface area contributed by atoms with Gasteiger partial charge in [-0.3, -0.25) is 9.36 Å². The molecule has 204 valence electrons. The van der Waals surface area contributed by atoms with Gasteiger partial charge in [0.25, 0.3) is 5.56 Å². The van der Waals surface area contributed by atoms with Crippen LogP contribution in [0.15, 0.2) is 118 Å². The normalized spacial score (nSPS) is 15.0. The van der Waals surface area contributed by atoms with Crippen molar-refractivity contribution < 1.29 is 14.3 Å². The maximum absolute atomic E-state index is 14.0. The van der Waals surface area contributed by atoms with Crippen LogP contribution >= 0.6 is 11.3 Å². The quantitative estimate of drug-likeness (QED) is 0.246. The van der Waals surface area contributed by atoms with Gasteiger partial charge < -0.3 is 9.47 Å². The van der Waals surface area contributed by atoms with Gasteiger partial charge in [0.15, 0.2) is 4.80 Å². The summed E-state index contributed by atoms with van der Waals surface area (Å²) >= 11 is 1.31. The van der Waals surface area contributed by atoms with Crippen molar-refractivity contribution in [3.05, 3.63) is 145 Å². The zero-order valence-electron chi connectivity index (χ0n) is 22.7. The number of rotatable bonds is 7. The molecule has 6 nitrogen and oxygen atoms in total. The van der Waals surface area contributed by atoms with Crippen molar-refractivity contribution in [3.63, 3.8) is 0 Å². The zero-order valence-corrected chi connectivity index (χ0v) is 23.6. The molecule has 1 aromatic heterocycles. The number of esters is 1. The van der Waals surface area contributed by atoms with Crippen LogP contribution in [-0.2, 0) is 16.1 Å². The van der Waals surface area contributed by atoms with Crippen LogP contribution in [0.4, 0.5) is 0 Å². The average Bonchev–Trinajstić information content (AvgIpc) is 3.33. The molecular weight excluding hydrogens is 532 g/mol. The van der Waals surface area contributed by atoms with Crippen LogP contribution < -0.4 is 19.6 Å². The highest BCUT2D eigenvalue weighted by atomic mass is 32.1. The number of allylic oxidation sites excluding steroid dienone is 1. The minimum atomic E-state index is -0.630. The molecular formula is C34H28N2O4S. The molecule has 0 unspecified atom stereocenters. The number of carbonyl (C=O) groups excluding carboxylic acids is 1. The fourth-order valence-electron chi connectivity index (χ4n) is 5.26. The Morgan fingerprint density at radius 1 is 0.951 bits per heavy atom. The number of nitrogens with zero attached hydrogens (tertiary/aromatic N) is 2. The van der Waals surface area contributed by atoms with Gasteiger partial charge in [0.2, 0.25) is 0 Å². The van der Waals surface area contributed by atoms with Gasteiger partial charge in [0, 0.05) is 5.56 Å². The predicted octanol–water partition coefficient (Wildman–Crippen LogP) is 5.53. The summed E-state index contributed by atoms with van der Waals surface area (Å²) in [6.45, 7) is 2.34. The fourth-order valence-corrected chi connectivity index (χ4v) is 6.27. The van der Waals surface area contributed by atoms with Crippen LogP contribution in [0.1, 0.15) is 36.1 Å². The Kier molecular flexibility index (Phi) is 7.35. The Labute approximate surface area is 241 Å². The van der Waals surface area contributed by atoms with Crippen LogP contribution in [0.25, 0.3) is 16.8 Å². The first-order valence-electron chi connectivity index (χ1n) is 13.5. The summed E-state index contributed by atoms with van der Waals surface area (Å²) < 4.78 is 13.6. The Bertz CT molecular complexity index is 1970. The van der Waals surface area contributed by atoms with Crippen molar-refractivity contribution in [2.45, 2.75) is 26.0 Å². The summed E-state index contributed by atoms with van der Waals surface area (Å²) in [5, 5.41) is 2.31. The van der Waals surface area contributed by atoms with E-state index in [4.69, 9.17) is 14.5 Å². The van der Waals surface area contributed by atoms with Crippen LogP contribution in [-0.4, -0.2) is 17.6 Å². The molecule has 0 amide bonds. The molecule has 1 atom stereocenters. The largest absolute Gasteiger partial charge is 0.488 e. The van der Waals surface area contributed by atoms with E-state index in [1.807, 2.05) is 85.8 Å². The number of hydrogen-bond donors (Lipinski definition) is 0. The van der Waals surface area contributed by atoms with E-state index >= 15 is 0 Å². The zero-order chi connectivity index (χ0) is 28.3. The third kappa shape index (κ3) is 5.00. The predicted molar refractivity (Wildman–Crippen MR) is 162 cm³/mol. The fraction of sp³-hybridized carbons (Fsp3) is 0.147. The minimum absolute atomic E-state index is 0.219. The summed E-state index contributed by atoms with van der Waals surface area (Å²) in [5.74, 6) is 0.191. The summed E-state index contributed by atoms with van der Waals surface area (Å²) in [6.07, 6.45) is 2.38. The molecule has 0 radical (unpaired) electrons. The highest BCUT2D eigenvalue weighted by Crippen LogP contribution is 2.32. The van der Waals surface area contributed by atoms with E-state index in [0.717, 1.165) is 27.5 Å². The van der Waals surface area contributed by atoms with Gasteiger partial charge in [0.05, 0.1) is 29.0 Å². The number of fused-ring (bicyclic) bond motifs is 2. The van der Waals surface area contributed by atoms with Crippen LogP contribution in [0.5, 0.6) is 5.75 Å². The summed E-state index contributed by atoms with van der Waals surface area (Å²) in [6, 6.07) is 31.0. The molecule has 0 N–H and O–H groups in total. The van der Waals surface area contributed by atoms with Crippen molar-refractivity contribution in [2.24, 2.45) is 4.99 Å². The molecule has 5 aromatic rings. The second-order valence-corrected chi connectivity index (χ2v) is 10.7. The number of hydrogen-bond acceptors (Lipinski definition) is 6. The van der Waals surface area contributed by atoms with E-state index in [1.165, 1.54) is 18.4 Å². The van der Waals surface area contributed by atoms with Gasteiger partial charge in [-0.15, -0.1) is 0 Å². The third-order valence-corrected chi connectivity index (χ3v) is 8.22. The van der Waals surface area contributed by atoms with E-state index in [-0.39, 0.29) is 5.56 Å². The lowest BCUT2D eigenvalue weighted by Crippen LogP contribution is -2.40. The van der Waals surface area contributed by atoms with E-state index in [2.05, 4.69) is 24.3 Å². The first-order chi connectivity index (χ1) is 20.1. The van der Waals surface area contributed by atoms with Gasteiger partial charge in [-0.05, 0) is 40.5 Å². The lowest BCUT2D eigenvalue weighted by atomic mass is 9.95. The standard InChI is InChI=1S/C34H28N2O4S/c1-3-27-30(33(38)39-2)31(23-13-5-4-6-14-23)36-32(37)29(41-34(36)35-27)20-24-15-8-10-19-28(24)40-21-25-17-11-16-22-12-7-9-18-26(22)25/h4-20,31H,3,21H2,1-2H3/b29-20+/t31-/m1/s1. The van der Waals surface area contributed by atoms with E-state index in [1.54, 1.807) is 4.57 Å². The lowest BCUT2D eigenvalue weighted by molar-refractivity contribution is -0.136. The molecule has 4 aromatic carbocycles. The minimum Gasteiger partial charge on any atom is -0.488 e. The van der Waals surface area contributed by atoms with Gasteiger partial charge in [0.1, 0.15) is 12.4 Å². The number of thiazole rings is 1. The first kappa shape index (κ1) is 26.5. The van der Waals surface area contributed by atoms with Gasteiger partial charge in [-0.2, -0.15) is 0 Å². The molecule has 0 spiro atoms. The van der Waals surface area contributed by atoms with Gasteiger partial charge >= 0.3 is 5.97 Å². The first-order valence-corrected chi connectivity index (χ1v) is 14.3. The number of methoxy groups -OCH3 is 1. The SMILES string of the molecule is CCC1=C(C(=O)OC)[C@@H](c2ccccc2)n2c(s/c(=C/c3ccccc3OCc3cccc4ccccc34)c2=O)=N1. The number of carbonyl (C=O) groups is 1. The Morgan fingerprint density at radius 3 is 2.49 bits per heavy atom. The van der Waals surface area contributed by atoms with Gasteiger partial charge in [-0.1, -0.05) is 109 Å². The van der Waals surface area contributed by atoms with Crippen molar-refractivity contribution in [2.75, 3.05) is 7.11 Å². The van der Waals surface area contributed by atoms with Crippen LogP contribution in [0.2, 0.25) is 0 Å². The molecule has 0 saturated carbocycles. The molecule has 0 bridgehead atoms. The average molecular weight is 561 g/mol. The molecule has 1 aliphatic heterocycles. The van der Waals surface area contributed by atoms with Crippen LogP contribution in [0.3, 0.4) is 0 Å². The molecule has 7 heteroatoms. The molecule has 2 heterocycles. The molecule has 0 fully saturated rings.